The van der Waals surface area contributed by atoms with E-state index in [9.17, 15) is 0 Å². The zero-order valence-electron chi connectivity index (χ0n) is 21.0. The summed E-state index contributed by atoms with van der Waals surface area (Å²) in [6.07, 6.45) is -1.55. The lowest BCUT2D eigenvalue weighted by Gasteiger charge is -2.50. The second-order valence-electron chi connectivity index (χ2n) is 11.8. The molecule has 0 aromatic heterocycles. The number of hydrogen-bond donors (Lipinski definition) is 0. The smallest absolute Gasteiger partial charge is 0.185 e. The van der Waals surface area contributed by atoms with E-state index in [2.05, 4.69) is 78.6 Å². The van der Waals surface area contributed by atoms with Crippen LogP contribution in [0.5, 0.6) is 0 Å². The van der Waals surface area contributed by atoms with Crippen molar-refractivity contribution in [2.24, 2.45) is 0 Å². The fraction of sp³-hybridized carbons (Fsp3) is 1.00. The molecule has 0 aliphatic carbocycles. The topological polar surface area (TPSA) is 55.4 Å². The van der Waals surface area contributed by atoms with Gasteiger partial charge in [-0.15, -0.1) is 0 Å². The van der Waals surface area contributed by atoms with Crippen molar-refractivity contribution in [1.82, 2.24) is 0 Å². The maximum atomic E-state index is 6.72. The third kappa shape index (κ3) is 10.7. The van der Waals surface area contributed by atoms with E-state index in [1.807, 2.05) is 0 Å². The lowest BCUT2D eigenvalue weighted by Crippen LogP contribution is -2.66. The summed E-state index contributed by atoms with van der Waals surface area (Å²) in [6, 6.07) is 0. The van der Waals surface area contributed by atoms with Gasteiger partial charge in [-0.2, -0.15) is 0 Å². The van der Waals surface area contributed by atoms with Gasteiger partial charge < -0.3 is 27.2 Å². The molecular weight excluding hydrogens is 437 g/mol. The molecule has 0 amide bonds. The molecule has 0 saturated carbocycles. The minimum Gasteiger partial charge on any atom is -0.415 e. The van der Waals surface area contributed by atoms with Gasteiger partial charge in [0.25, 0.3) is 0 Å². The van der Waals surface area contributed by atoms with Crippen LogP contribution in [0.25, 0.3) is 0 Å². The van der Waals surface area contributed by atoms with Crippen molar-refractivity contribution in [2.45, 2.75) is 109 Å². The molecule has 1 rings (SSSR count). The Hall–Kier alpha value is 0.628. The first-order chi connectivity index (χ1) is 12.8. The highest BCUT2D eigenvalue weighted by molar-refractivity contribution is 6.71. The lowest BCUT2D eigenvalue weighted by atomic mass is 9.99. The van der Waals surface area contributed by atoms with E-state index < -0.39 is 39.6 Å². The van der Waals surface area contributed by atoms with Crippen LogP contribution in [0.15, 0.2) is 0 Å². The molecule has 6 nitrogen and oxygen atoms in total. The quantitative estimate of drug-likeness (QED) is 0.414. The van der Waals surface area contributed by atoms with E-state index >= 15 is 0 Å². The van der Waals surface area contributed by atoms with Gasteiger partial charge in [0.1, 0.15) is 24.4 Å². The molecule has 5 atom stereocenters. The van der Waals surface area contributed by atoms with Crippen molar-refractivity contribution < 1.29 is 27.2 Å². The predicted octanol–water partition coefficient (Wildman–Crippen LogP) is 4.87. The van der Waals surface area contributed by atoms with Crippen molar-refractivity contribution in [2.75, 3.05) is 13.7 Å². The van der Waals surface area contributed by atoms with Gasteiger partial charge >= 0.3 is 0 Å². The van der Waals surface area contributed by atoms with Gasteiger partial charge in [-0.3, -0.25) is 0 Å². The van der Waals surface area contributed by atoms with Crippen molar-refractivity contribution in [1.29, 1.82) is 0 Å². The van der Waals surface area contributed by atoms with Crippen molar-refractivity contribution in [3.8, 4) is 0 Å². The van der Waals surface area contributed by atoms with Crippen LogP contribution in [0.4, 0.5) is 0 Å². The summed E-state index contributed by atoms with van der Waals surface area (Å²) in [5, 5.41) is 0. The molecule has 0 radical (unpaired) electrons. The van der Waals surface area contributed by atoms with Crippen LogP contribution in [-0.4, -0.2) is 77.7 Å². The molecule has 0 aromatic rings. The number of rotatable bonds is 10. The van der Waals surface area contributed by atoms with E-state index in [1.165, 1.54) is 0 Å². The first-order valence-corrected chi connectivity index (χ1v) is 24.3. The van der Waals surface area contributed by atoms with Crippen LogP contribution < -0.4 is 0 Å². The average Bonchev–Trinajstić information content (AvgIpc) is 2.44. The lowest BCUT2D eigenvalue weighted by molar-refractivity contribution is -0.283. The zero-order chi connectivity index (χ0) is 22.8. The Morgan fingerprint density at radius 1 is 0.586 bits per heavy atom. The maximum Gasteiger partial charge on any atom is 0.185 e. The molecule has 10 heteroatoms. The summed E-state index contributed by atoms with van der Waals surface area (Å²) < 4.78 is 38.4. The molecule has 29 heavy (non-hydrogen) atoms. The monoisotopic (exact) mass is 482 g/mol. The molecule has 174 valence electrons. The van der Waals surface area contributed by atoms with E-state index in [4.69, 9.17) is 27.2 Å². The summed E-state index contributed by atoms with van der Waals surface area (Å²) in [4.78, 5) is 0. The molecule has 1 aliphatic heterocycles. The van der Waals surface area contributed by atoms with E-state index in [0.29, 0.717) is 6.61 Å². The predicted molar refractivity (Wildman–Crippen MR) is 130 cm³/mol. The van der Waals surface area contributed by atoms with Crippen LogP contribution in [0.2, 0.25) is 78.6 Å². The number of hydrogen-bond acceptors (Lipinski definition) is 6. The van der Waals surface area contributed by atoms with Crippen molar-refractivity contribution in [3.63, 3.8) is 0 Å². The van der Waals surface area contributed by atoms with Gasteiger partial charge in [-0.25, -0.2) is 0 Å². The Morgan fingerprint density at radius 3 is 1.38 bits per heavy atom. The summed E-state index contributed by atoms with van der Waals surface area (Å²) >= 11 is 0. The van der Waals surface area contributed by atoms with Crippen LogP contribution in [0.3, 0.4) is 0 Å². The Kier molecular flexibility index (Phi) is 9.59. The third-order valence-corrected chi connectivity index (χ3v) is 7.94. The summed E-state index contributed by atoms with van der Waals surface area (Å²) in [5.41, 5.74) is 0. The fourth-order valence-electron chi connectivity index (χ4n) is 3.16. The minimum absolute atomic E-state index is 0.238. The van der Waals surface area contributed by atoms with Gasteiger partial charge in [0.15, 0.2) is 39.6 Å². The SMILES string of the molecule is CO[C@@H]1O[C@H](CO[Si](C)(C)C)[C@@H](O[Si](C)(C)C)[C@H](O[Si](C)(C)C)[C@H]1O[Si](C)(C)C. The van der Waals surface area contributed by atoms with Crippen molar-refractivity contribution in [3.05, 3.63) is 0 Å². The minimum atomic E-state index is -1.88. The van der Waals surface area contributed by atoms with Gasteiger partial charge in [-0.1, -0.05) is 0 Å². The highest BCUT2D eigenvalue weighted by atomic mass is 28.4. The van der Waals surface area contributed by atoms with E-state index in [0.717, 1.165) is 0 Å². The molecule has 1 fully saturated rings. The molecule has 0 N–H and O–H groups in total. The van der Waals surface area contributed by atoms with Gasteiger partial charge in [0.05, 0.1) is 6.61 Å². The first kappa shape index (κ1) is 27.7. The Balaban J connectivity index is 3.34. The number of methoxy groups -OCH3 is 1. The average molecular weight is 483 g/mol. The van der Waals surface area contributed by atoms with Gasteiger partial charge in [0.2, 0.25) is 0 Å². The normalized spacial score (nSPS) is 29.9. The molecule has 0 spiro atoms. The van der Waals surface area contributed by atoms with Gasteiger partial charge in [-0.05, 0) is 78.6 Å². The molecule has 0 bridgehead atoms. The summed E-state index contributed by atoms with van der Waals surface area (Å²) in [7, 11) is -5.66. The molecular formula is C19H46O6Si4. The van der Waals surface area contributed by atoms with Crippen molar-refractivity contribution >= 4 is 33.3 Å². The highest BCUT2D eigenvalue weighted by Gasteiger charge is 2.51. The summed E-state index contributed by atoms with van der Waals surface area (Å²) in [6.45, 7) is 26.8. The van der Waals surface area contributed by atoms with E-state index in [1.54, 1.807) is 7.11 Å². The molecule has 1 aliphatic rings. The second kappa shape index (κ2) is 10.1. The molecule has 0 aromatic carbocycles. The largest absolute Gasteiger partial charge is 0.415 e. The first-order valence-electron chi connectivity index (χ1n) is 10.7. The third-order valence-electron chi connectivity index (χ3n) is 3.97. The standard InChI is InChI=1S/C19H46O6Si4/c1-20-19-18(25-29(11,12)13)17(24-28(8,9)10)16(23-27(5,6)7)15(22-19)14-21-26(2,3)4/h15-19H,14H2,1-13H3/t15-,16-,17+,18-,19-/m1/s1. The van der Waals surface area contributed by atoms with Crippen LogP contribution >= 0.6 is 0 Å². The molecule has 0 unspecified atom stereocenters. The van der Waals surface area contributed by atoms with Crippen LogP contribution in [0, 0.1) is 0 Å². The Bertz CT molecular complexity index is 507. The zero-order valence-corrected chi connectivity index (χ0v) is 25.0. The Labute approximate surface area is 183 Å². The fourth-order valence-corrected chi connectivity index (χ4v) is 7.07. The molecule has 1 saturated heterocycles. The summed E-state index contributed by atoms with van der Waals surface area (Å²) in [5.74, 6) is 0. The maximum absolute atomic E-state index is 6.72. The highest BCUT2D eigenvalue weighted by Crippen LogP contribution is 2.34. The second-order valence-corrected chi connectivity index (χ2v) is 29.7. The number of ether oxygens (including phenoxy) is 2. The Morgan fingerprint density at radius 2 is 1.00 bits per heavy atom. The van der Waals surface area contributed by atoms with Crippen LogP contribution in [-0.2, 0) is 27.2 Å². The van der Waals surface area contributed by atoms with Crippen LogP contribution in [0.1, 0.15) is 0 Å². The van der Waals surface area contributed by atoms with Gasteiger partial charge in [0, 0.05) is 7.11 Å². The van der Waals surface area contributed by atoms with E-state index in [-0.39, 0.29) is 24.4 Å². The molecule has 1 heterocycles.